The predicted octanol–water partition coefficient (Wildman–Crippen LogP) is 3.32. The van der Waals surface area contributed by atoms with E-state index in [0.29, 0.717) is 0 Å². The van der Waals surface area contributed by atoms with Crippen LogP contribution in [-0.4, -0.2) is 11.2 Å². The van der Waals surface area contributed by atoms with E-state index in [0.717, 1.165) is 19.3 Å². The zero-order chi connectivity index (χ0) is 9.23. The van der Waals surface area contributed by atoms with Crippen LogP contribution < -0.4 is 0 Å². The number of hydrogen-bond donors (Lipinski definition) is 1. The van der Waals surface area contributed by atoms with Crippen LogP contribution in [0.15, 0.2) is 0 Å². The van der Waals surface area contributed by atoms with Crippen molar-refractivity contribution in [3.05, 3.63) is 6.92 Å². The Morgan fingerprint density at radius 2 is 1.75 bits per heavy atom. The van der Waals surface area contributed by atoms with Crippen molar-refractivity contribution in [2.24, 2.45) is 0 Å². The van der Waals surface area contributed by atoms with Gasteiger partial charge in [-0.05, 0) is 6.42 Å². The maximum Gasteiger partial charge on any atom is 0.0515 e. The van der Waals surface area contributed by atoms with Gasteiger partial charge in [-0.25, -0.2) is 0 Å². The van der Waals surface area contributed by atoms with Crippen LogP contribution in [-0.2, 0) is 0 Å². The van der Waals surface area contributed by atoms with Crippen LogP contribution in [0.3, 0.4) is 0 Å². The summed E-state index contributed by atoms with van der Waals surface area (Å²) in [5.41, 5.74) is 0. The van der Waals surface area contributed by atoms with E-state index in [2.05, 4.69) is 13.8 Å². The van der Waals surface area contributed by atoms with Crippen molar-refractivity contribution in [1.82, 2.24) is 0 Å². The molecular weight excluding hydrogens is 148 g/mol. The summed E-state index contributed by atoms with van der Waals surface area (Å²) in [5.74, 6) is 0. The molecule has 0 aromatic rings. The average molecular weight is 171 g/mol. The van der Waals surface area contributed by atoms with E-state index >= 15 is 0 Å². The Morgan fingerprint density at radius 3 is 2.33 bits per heavy atom. The Labute approximate surface area is 77.2 Å². The SMILES string of the molecule is [CH2-]CC[C@H](O)CCCCCCC. The fraction of sp³-hybridized carbons (Fsp3) is 0.909. The number of hydrogen-bond acceptors (Lipinski definition) is 1. The van der Waals surface area contributed by atoms with Gasteiger partial charge in [0, 0.05) is 0 Å². The van der Waals surface area contributed by atoms with Gasteiger partial charge in [-0.3, -0.25) is 0 Å². The zero-order valence-corrected chi connectivity index (χ0v) is 8.39. The van der Waals surface area contributed by atoms with E-state index in [1.54, 1.807) is 0 Å². The first-order chi connectivity index (χ1) is 5.81. The minimum atomic E-state index is -0.0934. The molecule has 0 saturated carbocycles. The van der Waals surface area contributed by atoms with Crippen LogP contribution in [0.5, 0.6) is 0 Å². The van der Waals surface area contributed by atoms with Crippen LogP contribution in [0.4, 0.5) is 0 Å². The summed E-state index contributed by atoms with van der Waals surface area (Å²) in [4.78, 5) is 0. The van der Waals surface area contributed by atoms with E-state index in [1.807, 2.05) is 0 Å². The fourth-order valence-electron chi connectivity index (χ4n) is 1.36. The first-order valence-corrected chi connectivity index (χ1v) is 5.28. The van der Waals surface area contributed by atoms with Crippen LogP contribution in [0, 0.1) is 6.92 Å². The Kier molecular flexibility index (Phi) is 9.02. The van der Waals surface area contributed by atoms with Crippen molar-refractivity contribution >= 4 is 0 Å². The summed E-state index contributed by atoms with van der Waals surface area (Å²) >= 11 is 0. The Bertz CT molecular complexity index is 81.1. The molecule has 0 aromatic carbocycles. The number of aliphatic hydroxyl groups excluding tert-OH is 1. The van der Waals surface area contributed by atoms with Gasteiger partial charge in [0.05, 0.1) is 6.10 Å². The second-order valence-electron chi connectivity index (χ2n) is 3.50. The van der Waals surface area contributed by atoms with Gasteiger partial charge in [-0.2, -0.15) is 6.42 Å². The third-order valence-corrected chi connectivity index (χ3v) is 2.18. The summed E-state index contributed by atoms with van der Waals surface area (Å²) in [6, 6.07) is 0. The highest BCUT2D eigenvalue weighted by atomic mass is 16.3. The smallest absolute Gasteiger partial charge is 0.0515 e. The number of rotatable bonds is 8. The number of aliphatic hydroxyl groups is 1. The van der Waals surface area contributed by atoms with E-state index in [-0.39, 0.29) is 6.10 Å². The molecule has 0 unspecified atom stereocenters. The van der Waals surface area contributed by atoms with Crippen molar-refractivity contribution in [3.63, 3.8) is 0 Å². The van der Waals surface area contributed by atoms with E-state index < -0.39 is 0 Å². The summed E-state index contributed by atoms with van der Waals surface area (Å²) in [6.45, 7) is 5.94. The third-order valence-electron chi connectivity index (χ3n) is 2.18. The van der Waals surface area contributed by atoms with Crippen molar-refractivity contribution in [3.8, 4) is 0 Å². The van der Waals surface area contributed by atoms with Crippen molar-refractivity contribution in [2.75, 3.05) is 0 Å². The first-order valence-electron chi connectivity index (χ1n) is 5.28. The molecule has 0 radical (unpaired) electrons. The molecular formula is C11H23O-. The summed E-state index contributed by atoms with van der Waals surface area (Å²) in [7, 11) is 0. The van der Waals surface area contributed by atoms with Gasteiger partial charge in [0.15, 0.2) is 0 Å². The second kappa shape index (κ2) is 9.05. The molecule has 1 atom stereocenters. The summed E-state index contributed by atoms with van der Waals surface area (Å²) in [5, 5.41) is 9.37. The standard InChI is InChI=1S/C11H23O/c1-3-5-6-7-8-10-11(12)9-4-2/h11-12H,2-10H2,1H3/q-1/t11-/m0/s1. The fourth-order valence-corrected chi connectivity index (χ4v) is 1.36. The molecule has 0 bridgehead atoms. The normalized spacial score (nSPS) is 13.2. The lowest BCUT2D eigenvalue weighted by atomic mass is 10.1. The predicted molar refractivity (Wildman–Crippen MR) is 54.0 cm³/mol. The van der Waals surface area contributed by atoms with Gasteiger partial charge in [0.25, 0.3) is 0 Å². The lowest BCUT2D eigenvalue weighted by Crippen LogP contribution is -2.04. The monoisotopic (exact) mass is 171 g/mol. The highest BCUT2D eigenvalue weighted by Gasteiger charge is 1.99. The van der Waals surface area contributed by atoms with Crippen LogP contribution in [0.1, 0.15) is 58.3 Å². The molecule has 1 N–H and O–H groups in total. The summed E-state index contributed by atoms with van der Waals surface area (Å²) in [6.07, 6.45) is 9.02. The van der Waals surface area contributed by atoms with Crippen molar-refractivity contribution in [1.29, 1.82) is 0 Å². The Balaban J connectivity index is 2.97. The van der Waals surface area contributed by atoms with Gasteiger partial charge < -0.3 is 12.0 Å². The molecule has 0 aliphatic carbocycles. The van der Waals surface area contributed by atoms with Crippen LogP contribution in [0.25, 0.3) is 0 Å². The maximum atomic E-state index is 9.37. The molecule has 0 amide bonds. The molecule has 0 aromatic heterocycles. The van der Waals surface area contributed by atoms with Crippen LogP contribution >= 0.6 is 0 Å². The minimum Gasteiger partial charge on any atom is -0.393 e. The Hall–Kier alpha value is -0.0400. The average Bonchev–Trinajstić information content (AvgIpc) is 2.05. The number of unbranched alkanes of at least 4 members (excludes halogenated alkanes) is 4. The van der Waals surface area contributed by atoms with Gasteiger partial charge in [-0.1, -0.05) is 45.4 Å². The van der Waals surface area contributed by atoms with E-state index in [1.165, 1.54) is 32.1 Å². The molecule has 0 spiro atoms. The molecule has 0 rings (SSSR count). The molecule has 12 heavy (non-hydrogen) atoms. The van der Waals surface area contributed by atoms with E-state index in [9.17, 15) is 5.11 Å². The molecule has 0 saturated heterocycles. The lowest BCUT2D eigenvalue weighted by molar-refractivity contribution is 0.152. The first kappa shape index (κ1) is 12.0. The van der Waals surface area contributed by atoms with Crippen molar-refractivity contribution in [2.45, 2.75) is 64.4 Å². The second-order valence-corrected chi connectivity index (χ2v) is 3.50. The van der Waals surface area contributed by atoms with Gasteiger partial charge >= 0.3 is 0 Å². The molecule has 1 nitrogen and oxygen atoms in total. The van der Waals surface area contributed by atoms with Gasteiger partial charge in [0.2, 0.25) is 0 Å². The molecule has 0 fully saturated rings. The highest BCUT2D eigenvalue weighted by molar-refractivity contribution is 4.56. The molecule has 0 aliphatic heterocycles. The van der Waals surface area contributed by atoms with Crippen molar-refractivity contribution < 1.29 is 5.11 Å². The molecule has 74 valence electrons. The highest BCUT2D eigenvalue weighted by Crippen LogP contribution is 2.09. The maximum absolute atomic E-state index is 9.37. The topological polar surface area (TPSA) is 20.2 Å². The molecule has 1 heteroatoms. The zero-order valence-electron chi connectivity index (χ0n) is 8.39. The quantitative estimate of drug-likeness (QED) is 0.439. The Morgan fingerprint density at radius 1 is 1.08 bits per heavy atom. The van der Waals surface area contributed by atoms with Gasteiger partial charge in [0.1, 0.15) is 0 Å². The largest absolute Gasteiger partial charge is 0.393 e. The van der Waals surface area contributed by atoms with Gasteiger partial charge in [-0.15, -0.1) is 0 Å². The molecule has 0 aliphatic rings. The van der Waals surface area contributed by atoms with Crippen LogP contribution in [0.2, 0.25) is 0 Å². The minimum absolute atomic E-state index is 0.0934. The summed E-state index contributed by atoms with van der Waals surface area (Å²) < 4.78 is 0. The van der Waals surface area contributed by atoms with E-state index in [4.69, 9.17) is 0 Å². The molecule has 0 heterocycles. The lowest BCUT2D eigenvalue weighted by Gasteiger charge is -2.09. The third kappa shape index (κ3) is 8.06.